The number of rotatable bonds is 2. The van der Waals surface area contributed by atoms with Crippen LogP contribution in [0.5, 0.6) is 0 Å². The molecule has 98 valence electrons. The summed E-state index contributed by atoms with van der Waals surface area (Å²) in [4.78, 5) is 2.44. The predicted octanol–water partition coefficient (Wildman–Crippen LogP) is 3.48. The quantitative estimate of drug-likeness (QED) is 0.848. The van der Waals surface area contributed by atoms with Crippen LogP contribution in [0.15, 0.2) is 42.5 Å². The molecular weight excluding hydrogens is 256 g/mol. The molecule has 0 unspecified atom stereocenters. The van der Waals surface area contributed by atoms with E-state index in [0.717, 1.165) is 31.7 Å². The number of fused-ring (bicyclic) bond motifs is 1. The molecule has 0 spiro atoms. The molecule has 0 aliphatic carbocycles. The second kappa shape index (κ2) is 5.24. The van der Waals surface area contributed by atoms with Crippen LogP contribution in [0.2, 0.25) is 5.02 Å². The van der Waals surface area contributed by atoms with Gasteiger partial charge < -0.3 is 5.73 Å². The number of halogens is 1. The molecule has 2 N–H and O–H groups in total. The monoisotopic (exact) mass is 272 g/mol. The van der Waals surface area contributed by atoms with Gasteiger partial charge in [-0.05, 0) is 41.3 Å². The van der Waals surface area contributed by atoms with Crippen molar-refractivity contribution in [3.05, 3.63) is 64.2 Å². The van der Waals surface area contributed by atoms with Crippen molar-refractivity contribution in [3.8, 4) is 0 Å². The maximum atomic E-state index is 6.05. The van der Waals surface area contributed by atoms with E-state index in [-0.39, 0.29) is 0 Å². The minimum absolute atomic E-state index is 0.715. The first-order valence-corrected chi connectivity index (χ1v) is 6.92. The molecule has 0 fully saturated rings. The van der Waals surface area contributed by atoms with E-state index in [1.165, 1.54) is 16.7 Å². The second-order valence-corrected chi connectivity index (χ2v) is 5.56. The smallest absolute Gasteiger partial charge is 0.0429 e. The van der Waals surface area contributed by atoms with Gasteiger partial charge in [-0.15, -0.1) is 0 Å². The lowest BCUT2D eigenvalue weighted by atomic mass is 9.99. The van der Waals surface area contributed by atoms with Crippen LogP contribution in [-0.2, 0) is 19.5 Å². The van der Waals surface area contributed by atoms with Crippen LogP contribution in [0.1, 0.15) is 16.7 Å². The van der Waals surface area contributed by atoms with E-state index in [1.807, 2.05) is 12.1 Å². The van der Waals surface area contributed by atoms with Gasteiger partial charge in [0.15, 0.2) is 0 Å². The van der Waals surface area contributed by atoms with Crippen molar-refractivity contribution in [2.24, 2.45) is 0 Å². The summed E-state index contributed by atoms with van der Waals surface area (Å²) in [7, 11) is 0. The average Bonchev–Trinajstić information content (AvgIpc) is 2.37. The molecule has 2 aromatic rings. The maximum absolute atomic E-state index is 6.05. The number of hydrogen-bond acceptors (Lipinski definition) is 2. The van der Waals surface area contributed by atoms with E-state index in [9.17, 15) is 0 Å². The van der Waals surface area contributed by atoms with Gasteiger partial charge >= 0.3 is 0 Å². The zero-order chi connectivity index (χ0) is 13.2. The van der Waals surface area contributed by atoms with Crippen molar-refractivity contribution >= 4 is 17.3 Å². The van der Waals surface area contributed by atoms with Crippen LogP contribution in [-0.4, -0.2) is 11.4 Å². The second-order valence-electron chi connectivity index (χ2n) is 5.12. The largest absolute Gasteiger partial charge is 0.399 e. The molecule has 1 aliphatic heterocycles. The molecule has 0 bridgehead atoms. The van der Waals surface area contributed by atoms with Gasteiger partial charge in [-0.25, -0.2) is 0 Å². The minimum atomic E-state index is 0.715. The van der Waals surface area contributed by atoms with Crippen LogP contribution in [0.4, 0.5) is 5.69 Å². The molecule has 3 rings (SSSR count). The SMILES string of the molecule is Nc1cc(Cl)cc(CN2CCc3ccccc3C2)c1. The van der Waals surface area contributed by atoms with Gasteiger partial charge in [0, 0.05) is 30.3 Å². The molecule has 1 heterocycles. The zero-order valence-electron chi connectivity index (χ0n) is 10.8. The van der Waals surface area contributed by atoms with Crippen LogP contribution in [0.3, 0.4) is 0 Å². The molecule has 3 heteroatoms. The fraction of sp³-hybridized carbons (Fsp3) is 0.250. The molecule has 0 aromatic heterocycles. The highest BCUT2D eigenvalue weighted by molar-refractivity contribution is 6.30. The van der Waals surface area contributed by atoms with Gasteiger partial charge in [-0.1, -0.05) is 35.9 Å². The van der Waals surface area contributed by atoms with Crippen LogP contribution >= 0.6 is 11.6 Å². The third kappa shape index (κ3) is 2.91. The third-order valence-corrected chi connectivity index (χ3v) is 3.81. The Kier molecular flexibility index (Phi) is 3.45. The van der Waals surface area contributed by atoms with E-state index in [4.69, 9.17) is 17.3 Å². The van der Waals surface area contributed by atoms with E-state index in [1.54, 1.807) is 6.07 Å². The lowest BCUT2D eigenvalue weighted by Gasteiger charge is -2.28. The van der Waals surface area contributed by atoms with E-state index < -0.39 is 0 Å². The third-order valence-electron chi connectivity index (χ3n) is 3.60. The molecule has 0 radical (unpaired) electrons. The number of hydrogen-bond donors (Lipinski definition) is 1. The Bertz CT molecular complexity index is 575. The lowest BCUT2D eigenvalue weighted by Crippen LogP contribution is -2.29. The number of benzene rings is 2. The van der Waals surface area contributed by atoms with Crippen molar-refractivity contribution in [1.82, 2.24) is 4.90 Å². The molecule has 0 amide bonds. The first-order valence-electron chi connectivity index (χ1n) is 6.55. The van der Waals surface area contributed by atoms with Crippen LogP contribution in [0, 0.1) is 0 Å². The number of anilines is 1. The van der Waals surface area contributed by atoms with E-state index in [0.29, 0.717) is 5.02 Å². The Morgan fingerprint density at radius 1 is 1.11 bits per heavy atom. The topological polar surface area (TPSA) is 29.3 Å². The van der Waals surface area contributed by atoms with Crippen molar-refractivity contribution in [2.75, 3.05) is 12.3 Å². The summed E-state index contributed by atoms with van der Waals surface area (Å²) in [5, 5.41) is 0.715. The van der Waals surface area contributed by atoms with Gasteiger partial charge in [0.2, 0.25) is 0 Å². The Balaban J connectivity index is 1.75. The van der Waals surface area contributed by atoms with E-state index in [2.05, 4.69) is 29.2 Å². The molecule has 0 atom stereocenters. The molecular formula is C16H17ClN2. The number of nitrogens with two attached hydrogens (primary N) is 1. The van der Waals surface area contributed by atoms with Gasteiger partial charge in [0.1, 0.15) is 0 Å². The van der Waals surface area contributed by atoms with Crippen molar-refractivity contribution in [1.29, 1.82) is 0 Å². The van der Waals surface area contributed by atoms with Gasteiger partial charge in [0.05, 0.1) is 0 Å². The normalized spacial score (nSPS) is 15.2. The summed E-state index contributed by atoms with van der Waals surface area (Å²) in [5.74, 6) is 0. The standard InChI is InChI=1S/C16H17ClN2/c17-15-7-12(8-16(18)9-15)10-19-6-5-13-3-1-2-4-14(13)11-19/h1-4,7-9H,5-6,10-11,18H2. The van der Waals surface area contributed by atoms with Gasteiger partial charge in [0.25, 0.3) is 0 Å². The van der Waals surface area contributed by atoms with Crippen molar-refractivity contribution in [2.45, 2.75) is 19.5 Å². The fourth-order valence-corrected chi connectivity index (χ4v) is 2.98. The van der Waals surface area contributed by atoms with Crippen molar-refractivity contribution < 1.29 is 0 Å². The Morgan fingerprint density at radius 3 is 2.68 bits per heavy atom. The summed E-state index contributed by atoms with van der Waals surface area (Å²) in [5.41, 5.74) is 10.7. The fourth-order valence-electron chi connectivity index (χ4n) is 2.71. The average molecular weight is 273 g/mol. The van der Waals surface area contributed by atoms with Crippen molar-refractivity contribution in [3.63, 3.8) is 0 Å². The highest BCUT2D eigenvalue weighted by Gasteiger charge is 2.15. The zero-order valence-corrected chi connectivity index (χ0v) is 11.5. The summed E-state index contributed by atoms with van der Waals surface area (Å²) in [6, 6.07) is 14.5. The first-order chi connectivity index (χ1) is 9.20. The molecule has 19 heavy (non-hydrogen) atoms. The molecule has 0 saturated carbocycles. The summed E-state index contributed by atoms with van der Waals surface area (Å²) < 4.78 is 0. The van der Waals surface area contributed by atoms with Crippen LogP contribution < -0.4 is 5.73 Å². The summed E-state index contributed by atoms with van der Waals surface area (Å²) in [6.45, 7) is 2.99. The maximum Gasteiger partial charge on any atom is 0.0429 e. The molecule has 0 saturated heterocycles. The van der Waals surface area contributed by atoms with E-state index >= 15 is 0 Å². The summed E-state index contributed by atoms with van der Waals surface area (Å²) in [6.07, 6.45) is 1.12. The van der Waals surface area contributed by atoms with Crippen LogP contribution in [0.25, 0.3) is 0 Å². The number of nitrogen functional groups attached to an aromatic ring is 1. The number of nitrogens with zero attached hydrogens (tertiary/aromatic N) is 1. The van der Waals surface area contributed by atoms with Gasteiger partial charge in [-0.3, -0.25) is 4.90 Å². The molecule has 2 aromatic carbocycles. The Hall–Kier alpha value is -1.51. The minimum Gasteiger partial charge on any atom is -0.399 e. The highest BCUT2D eigenvalue weighted by atomic mass is 35.5. The highest BCUT2D eigenvalue weighted by Crippen LogP contribution is 2.22. The Morgan fingerprint density at radius 2 is 1.89 bits per heavy atom. The summed E-state index contributed by atoms with van der Waals surface area (Å²) >= 11 is 6.05. The molecule has 1 aliphatic rings. The Labute approximate surface area is 118 Å². The lowest BCUT2D eigenvalue weighted by molar-refractivity contribution is 0.245. The first kappa shape index (κ1) is 12.5. The van der Waals surface area contributed by atoms with Gasteiger partial charge in [-0.2, -0.15) is 0 Å². The molecule has 2 nitrogen and oxygen atoms in total. The predicted molar refractivity (Wildman–Crippen MR) is 80.1 cm³/mol.